The monoisotopic (exact) mass is 542 g/mol. The van der Waals surface area contributed by atoms with Crippen molar-refractivity contribution in [1.29, 1.82) is 0 Å². The summed E-state index contributed by atoms with van der Waals surface area (Å²) < 4.78 is 42.9. The van der Waals surface area contributed by atoms with Gasteiger partial charge in [-0.3, -0.25) is 0 Å². The summed E-state index contributed by atoms with van der Waals surface area (Å²) in [6, 6.07) is 13.0. The van der Waals surface area contributed by atoms with Crippen LogP contribution in [0.4, 0.5) is 19.3 Å². The van der Waals surface area contributed by atoms with Gasteiger partial charge in [-0.15, -0.1) is 0 Å². The minimum Gasteiger partial charge on any atom is -0.492 e. The lowest BCUT2D eigenvalue weighted by atomic mass is 10.1. The van der Waals surface area contributed by atoms with E-state index in [1.165, 1.54) is 11.8 Å². The van der Waals surface area contributed by atoms with E-state index in [0.29, 0.717) is 23.1 Å². The molecule has 2 N–H and O–H groups in total. The van der Waals surface area contributed by atoms with Crippen LogP contribution in [0.15, 0.2) is 48.5 Å². The van der Waals surface area contributed by atoms with E-state index in [0.717, 1.165) is 5.56 Å². The van der Waals surface area contributed by atoms with E-state index in [1.54, 1.807) is 55.5 Å². The minimum atomic E-state index is -2.92. The molecule has 0 saturated heterocycles. The zero-order valence-corrected chi connectivity index (χ0v) is 21.7. The Morgan fingerprint density at radius 1 is 1.05 bits per heavy atom. The number of benzene rings is 2. The van der Waals surface area contributed by atoms with Gasteiger partial charge in [-0.1, -0.05) is 30.7 Å². The number of amides is 2. The molecular weight excluding hydrogens is 510 g/mol. The Balaban J connectivity index is 1.93. The third kappa shape index (κ3) is 11.3. The first-order valence-corrected chi connectivity index (χ1v) is 12.3. The highest BCUT2D eigenvalue weighted by Gasteiger charge is 2.26. The van der Waals surface area contributed by atoms with Crippen molar-refractivity contribution in [3.05, 3.63) is 59.1 Å². The van der Waals surface area contributed by atoms with Crippen molar-refractivity contribution < 1.29 is 37.7 Å². The molecule has 0 saturated carbocycles. The average molecular weight is 543 g/mol. The molecule has 204 valence electrons. The SMILES string of the molecule is CCOC(Cc1ccc(OCCN(CCOCC(F)(F)CC)C(=O)Nc2ccc(Cl)cc2)cc1)C(=O)O. The molecule has 0 aliphatic rings. The number of hydrogen-bond donors (Lipinski definition) is 2. The number of nitrogens with one attached hydrogen (secondary N) is 1. The van der Waals surface area contributed by atoms with Gasteiger partial charge in [-0.2, -0.15) is 0 Å². The van der Waals surface area contributed by atoms with Gasteiger partial charge in [0.05, 0.1) is 13.2 Å². The Labute approximate surface area is 220 Å². The number of aliphatic carboxylic acids is 1. The zero-order chi connectivity index (χ0) is 27.3. The van der Waals surface area contributed by atoms with Crippen LogP contribution in [0.1, 0.15) is 25.8 Å². The number of carbonyl (C=O) groups excluding carboxylic acids is 1. The van der Waals surface area contributed by atoms with Gasteiger partial charge in [0.25, 0.3) is 5.92 Å². The predicted molar refractivity (Wildman–Crippen MR) is 137 cm³/mol. The molecule has 0 aliphatic carbocycles. The smallest absolute Gasteiger partial charge is 0.333 e. The molecule has 2 amide bonds. The maximum atomic E-state index is 13.4. The first-order chi connectivity index (χ1) is 17.6. The fourth-order valence-electron chi connectivity index (χ4n) is 3.18. The highest BCUT2D eigenvalue weighted by Crippen LogP contribution is 2.18. The number of alkyl halides is 2. The normalized spacial score (nSPS) is 12.1. The van der Waals surface area contributed by atoms with Crippen molar-refractivity contribution in [2.24, 2.45) is 0 Å². The third-order valence-corrected chi connectivity index (χ3v) is 5.59. The Morgan fingerprint density at radius 3 is 2.30 bits per heavy atom. The van der Waals surface area contributed by atoms with E-state index in [4.69, 9.17) is 25.8 Å². The molecule has 2 rings (SSSR count). The molecule has 2 aromatic carbocycles. The van der Waals surface area contributed by atoms with Crippen LogP contribution in [0.25, 0.3) is 0 Å². The molecule has 37 heavy (non-hydrogen) atoms. The van der Waals surface area contributed by atoms with Gasteiger partial charge in [-0.05, 0) is 48.9 Å². The van der Waals surface area contributed by atoms with Crippen molar-refractivity contribution in [3.8, 4) is 5.75 Å². The first-order valence-electron chi connectivity index (χ1n) is 12.0. The van der Waals surface area contributed by atoms with Crippen LogP contribution in [0.5, 0.6) is 5.75 Å². The second-order valence-electron chi connectivity index (χ2n) is 8.16. The van der Waals surface area contributed by atoms with Crippen LogP contribution in [-0.2, 0) is 20.7 Å². The summed E-state index contributed by atoms with van der Waals surface area (Å²) in [7, 11) is 0. The first kappa shape index (κ1) is 30.3. The van der Waals surface area contributed by atoms with Crippen LogP contribution >= 0.6 is 11.6 Å². The van der Waals surface area contributed by atoms with Gasteiger partial charge in [0.15, 0.2) is 6.10 Å². The molecule has 0 aliphatic heterocycles. The van der Waals surface area contributed by atoms with Gasteiger partial charge in [0, 0.05) is 36.7 Å². The molecule has 1 unspecified atom stereocenters. The summed E-state index contributed by atoms with van der Waals surface area (Å²) in [6.45, 7) is 3.01. The van der Waals surface area contributed by atoms with Gasteiger partial charge in [0.2, 0.25) is 0 Å². The Hall–Kier alpha value is -2.95. The number of anilines is 1. The number of carboxylic acids is 1. The molecule has 0 aromatic heterocycles. The number of halogens is 3. The maximum absolute atomic E-state index is 13.4. The van der Waals surface area contributed by atoms with E-state index in [1.807, 2.05) is 0 Å². The van der Waals surface area contributed by atoms with Crippen LogP contribution < -0.4 is 10.1 Å². The van der Waals surface area contributed by atoms with Crippen molar-refractivity contribution in [2.45, 2.75) is 38.7 Å². The largest absolute Gasteiger partial charge is 0.492 e. The summed E-state index contributed by atoms with van der Waals surface area (Å²) in [6.07, 6.45) is -1.04. The standard InChI is InChI=1S/C26H33ClF2N2O6/c1-3-26(28,29)18-35-15-13-31(25(34)30-21-9-7-20(27)8-10-21)14-16-37-22-11-5-19(6-12-22)17-23(24(32)33)36-4-2/h5-12,23H,3-4,13-18H2,1-2H3,(H,30,34)(H,32,33). The summed E-state index contributed by atoms with van der Waals surface area (Å²) >= 11 is 5.88. The quantitative estimate of drug-likeness (QED) is 0.278. The molecular formula is C26H33ClF2N2O6. The fraction of sp³-hybridized carbons (Fsp3) is 0.462. The molecule has 0 heterocycles. The lowest BCUT2D eigenvalue weighted by molar-refractivity contribution is -0.149. The minimum absolute atomic E-state index is 0.0666. The highest BCUT2D eigenvalue weighted by atomic mass is 35.5. The van der Waals surface area contributed by atoms with Gasteiger partial charge < -0.3 is 29.5 Å². The molecule has 0 fully saturated rings. The van der Waals surface area contributed by atoms with E-state index < -0.39 is 30.6 Å². The van der Waals surface area contributed by atoms with Crippen molar-refractivity contribution in [1.82, 2.24) is 4.90 Å². The lowest BCUT2D eigenvalue weighted by Crippen LogP contribution is -2.40. The van der Waals surface area contributed by atoms with Crippen molar-refractivity contribution in [2.75, 3.05) is 44.8 Å². The number of nitrogens with zero attached hydrogens (tertiary/aromatic N) is 1. The summed E-state index contributed by atoms with van der Waals surface area (Å²) in [5, 5.41) is 12.5. The second kappa shape index (κ2) is 15.3. The Kier molecular flexibility index (Phi) is 12.5. The number of urea groups is 1. The van der Waals surface area contributed by atoms with Crippen LogP contribution in [0, 0.1) is 0 Å². The molecule has 1 atom stereocenters. The van der Waals surface area contributed by atoms with Gasteiger partial charge in [-0.25, -0.2) is 18.4 Å². The molecule has 11 heteroatoms. The zero-order valence-electron chi connectivity index (χ0n) is 20.9. The predicted octanol–water partition coefficient (Wildman–Crippen LogP) is 5.35. The summed E-state index contributed by atoms with van der Waals surface area (Å²) in [4.78, 5) is 25.5. The Morgan fingerprint density at radius 2 is 1.70 bits per heavy atom. The van der Waals surface area contributed by atoms with Crippen molar-refractivity contribution >= 4 is 29.3 Å². The number of rotatable bonds is 16. The van der Waals surface area contributed by atoms with Crippen LogP contribution in [0.2, 0.25) is 5.02 Å². The fourth-order valence-corrected chi connectivity index (χ4v) is 3.30. The van der Waals surface area contributed by atoms with Gasteiger partial charge >= 0.3 is 12.0 Å². The number of carboxylic acid groups (broad SMARTS) is 1. The molecule has 0 bridgehead atoms. The lowest BCUT2D eigenvalue weighted by Gasteiger charge is -2.24. The average Bonchev–Trinajstić information content (AvgIpc) is 2.87. The van der Waals surface area contributed by atoms with E-state index >= 15 is 0 Å². The molecule has 2 aromatic rings. The van der Waals surface area contributed by atoms with E-state index in [9.17, 15) is 23.5 Å². The molecule has 0 radical (unpaired) electrons. The Bertz CT molecular complexity index is 976. The third-order valence-electron chi connectivity index (χ3n) is 5.34. The highest BCUT2D eigenvalue weighted by molar-refractivity contribution is 6.30. The molecule has 8 nitrogen and oxygen atoms in total. The number of ether oxygens (including phenoxy) is 3. The number of carbonyl (C=O) groups is 2. The topological polar surface area (TPSA) is 97.3 Å². The summed E-state index contributed by atoms with van der Waals surface area (Å²) in [5.41, 5.74) is 1.30. The molecule has 0 spiro atoms. The maximum Gasteiger partial charge on any atom is 0.333 e. The van der Waals surface area contributed by atoms with E-state index in [-0.39, 0.29) is 39.1 Å². The van der Waals surface area contributed by atoms with Crippen LogP contribution in [0.3, 0.4) is 0 Å². The van der Waals surface area contributed by atoms with E-state index in [2.05, 4.69) is 5.32 Å². The van der Waals surface area contributed by atoms with Crippen LogP contribution in [-0.4, -0.2) is 73.6 Å². The number of hydrogen-bond acceptors (Lipinski definition) is 5. The van der Waals surface area contributed by atoms with Crippen molar-refractivity contribution in [3.63, 3.8) is 0 Å². The summed E-state index contributed by atoms with van der Waals surface area (Å²) in [5.74, 6) is -3.41. The van der Waals surface area contributed by atoms with Gasteiger partial charge in [0.1, 0.15) is 19.0 Å². The second-order valence-corrected chi connectivity index (χ2v) is 8.60.